The molecule has 14 heavy (non-hydrogen) atoms. The van der Waals surface area contributed by atoms with Crippen LogP contribution in [-0.4, -0.2) is 5.78 Å². The molecular weight excluding hydrogens is 174 g/mol. The second kappa shape index (κ2) is 5.18. The Balaban J connectivity index is 2.53. The maximum atomic E-state index is 11.5. The predicted molar refractivity (Wildman–Crippen MR) is 55.0 cm³/mol. The van der Waals surface area contributed by atoms with Crippen molar-refractivity contribution in [2.24, 2.45) is 0 Å². The summed E-state index contributed by atoms with van der Waals surface area (Å²) in [7, 11) is 0. The molecule has 0 N–H and O–H groups in total. The van der Waals surface area contributed by atoms with Gasteiger partial charge in [0.05, 0.1) is 6.07 Å². The second-order valence-electron chi connectivity index (χ2n) is 3.30. The van der Waals surface area contributed by atoms with Gasteiger partial charge in [-0.1, -0.05) is 29.8 Å². The van der Waals surface area contributed by atoms with Crippen LogP contribution in [0, 0.1) is 18.3 Å². The number of Topliss-reactive ketones (excluding diaryl/α,β-unsaturated/α-hetero) is 1. The Hall–Kier alpha value is -1.62. The summed E-state index contributed by atoms with van der Waals surface area (Å²) in [6.07, 6.45) is 1.58. The van der Waals surface area contributed by atoms with Crippen molar-refractivity contribution in [2.75, 3.05) is 0 Å². The van der Waals surface area contributed by atoms with E-state index in [1.165, 1.54) is 0 Å². The lowest BCUT2D eigenvalue weighted by atomic mass is 10.0. The van der Waals surface area contributed by atoms with Gasteiger partial charge >= 0.3 is 0 Å². The van der Waals surface area contributed by atoms with Gasteiger partial charge in [0.25, 0.3) is 0 Å². The fraction of sp³-hybridized carbons (Fsp3) is 0.333. The predicted octanol–water partition coefficient (Wildman–Crippen LogP) is 2.87. The molecule has 0 heterocycles. The molecule has 72 valence electrons. The number of hydrogen-bond acceptors (Lipinski definition) is 2. The second-order valence-corrected chi connectivity index (χ2v) is 3.30. The first kappa shape index (κ1) is 10.5. The molecule has 0 bridgehead atoms. The first-order chi connectivity index (χ1) is 6.74. The van der Waals surface area contributed by atoms with Gasteiger partial charge in [0.1, 0.15) is 0 Å². The largest absolute Gasteiger partial charge is 0.294 e. The third kappa shape index (κ3) is 3.02. The Morgan fingerprint density at radius 1 is 1.36 bits per heavy atom. The number of carbonyl (C=O) groups excluding carboxylic acids is 1. The normalized spacial score (nSPS) is 9.43. The Morgan fingerprint density at radius 2 is 2.00 bits per heavy atom. The molecule has 0 radical (unpaired) electrons. The number of ketones is 1. The van der Waals surface area contributed by atoms with Gasteiger partial charge in [-0.05, 0) is 13.3 Å². The summed E-state index contributed by atoms with van der Waals surface area (Å²) in [6, 6.07) is 9.56. The highest BCUT2D eigenvalue weighted by molar-refractivity contribution is 5.96. The lowest BCUT2D eigenvalue weighted by molar-refractivity contribution is 0.0980. The maximum Gasteiger partial charge on any atom is 0.162 e. The highest BCUT2D eigenvalue weighted by Gasteiger charge is 2.03. The smallest absolute Gasteiger partial charge is 0.162 e. The van der Waals surface area contributed by atoms with Crippen LogP contribution in [0.15, 0.2) is 24.3 Å². The van der Waals surface area contributed by atoms with E-state index in [0.29, 0.717) is 19.3 Å². The highest BCUT2D eigenvalue weighted by atomic mass is 16.1. The summed E-state index contributed by atoms with van der Waals surface area (Å²) in [5.74, 6) is 0.125. The van der Waals surface area contributed by atoms with Crippen molar-refractivity contribution in [1.82, 2.24) is 0 Å². The van der Waals surface area contributed by atoms with Crippen LogP contribution in [0.1, 0.15) is 35.2 Å². The van der Waals surface area contributed by atoms with Crippen LogP contribution in [0.2, 0.25) is 0 Å². The summed E-state index contributed by atoms with van der Waals surface area (Å²) >= 11 is 0. The lowest BCUT2D eigenvalue weighted by Gasteiger charge is -1.99. The fourth-order valence-electron chi connectivity index (χ4n) is 1.21. The monoisotopic (exact) mass is 187 g/mol. The number of benzene rings is 1. The highest BCUT2D eigenvalue weighted by Crippen LogP contribution is 2.08. The van der Waals surface area contributed by atoms with E-state index in [2.05, 4.69) is 0 Å². The molecule has 0 saturated carbocycles. The Morgan fingerprint density at radius 3 is 2.57 bits per heavy atom. The van der Waals surface area contributed by atoms with Gasteiger partial charge in [-0.3, -0.25) is 4.79 Å². The molecule has 0 spiro atoms. The van der Waals surface area contributed by atoms with Crippen LogP contribution in [0.4, 0.5) is 0 Å². The molecule has 0 aliphatic heterocycles. The van der Waals surface area contributed by atoms with Crippen LogP contribution in [-0.2, 0) is 0 Å². The molecular formula is C12H13NO. The van der Waals surface area contributed by atoms with E-state index in [1.54, 1.807) is 0 Å². The van der Waals surface area contributed by atoms with Crippen LogP contribution in [0.5, 0.6) is 0 Å². The minimum Gasteiger partial charge on any atom is -0.294 e. The number of nitriles is 1. The van der Waals surface area contributed by atoms with Crippen molar-refractivity contribution >= 4 is 5.78 Å². The van der Waals surface area contributed by atoms with Crippen molar-refractivity contribution in [2.45, 2.75) is 26.2 Å². The van der Waals surface area contributed by atoms with Crippen molar-refractivity contribution in [3.05, 3.63) is 35.4 Å². The van der Waals surface area contributed by atoms with Gasteiger partial charge in [-0.25, -0.2) is 0 Å². The molecule has 0 aromatic heterocycles. The van der Waals surface area contributed by atoms with E-state index >= 15 is 0 Å². The molecule has 0 fully saturated rings. The van der Waals surface area contributed by atoms with Gasteiger partial charge in [0.2, 0.25) is 0 Å². The first-order valence-corrected chi connectivity index (χ1v) is 4.71. The van der Waals surface area contributed by atoms with E-state index in [1.807, 2.05) is 37.3 Å². The summed E-state index contributed by atoms with van der Waals surface area (Å²) in [5.41, 5.74) is 1.90. The average Bonchev–Trinajstić information content (AvgIpc) is 2.19. The van der Waals surface area contributed by atoms with Crippen LogP contribution in [0.3, 0.4) is 0 Å². The van der Waals surface area contributed by atoms with E-state index in [9.17, 15) is 4.79 Å². The summed E-state index contributed by atoms with van der Waals surface area (Å²) in [5, 5.41) is 8.32. The third-order valence-electron chi connectivity index (χ3n) is 2.07. The lowest BCUT2D eigenvalue weighted by Crippen LogP contribution is -1.98. The number of carbonyl (C=O) groups is 1. The van der Waals surface area contributed by atoms with Crippen LogP contribution >= 0.6 is 0 Å². The van der Waals surface area contributed by atoms with Gasteiger partial charge in [-0.2, -0.15) is 5.26 Å². The number of rotatable bonds is 4. The van der Waals surface area contributed by atoms with Crippen molar-refractivity contribution in [3.63, 3.8) is 0 Å². The molecule has 2 heteroatoms. The molecule has 0 atom stereocenters. The quantitative estimate of drug-likeness (QED) is 0.537. The molecule has 0 aliphatic rings. The number of unbranched alkanes of at least 4 members (excludes halogenated alkanes) is 1. The van der Waals surface area contributed by atoms with E-state index in [-0.39, 0.29) is 5.78 Å². The van der Waals surface area contributed by atoms with Gasteiger partial charge in [0.15, 0.2) is 5.78 Å². The molecule has 0 unspecified atom stereocenters. The van der Waals surface area contributed by atoms with Crippen molar-refractivity contribution in [1.29, 1.82) is 5.26 Å². The summed E-state index contributed by atoms with van der Waals surface area (Å²) in [6.45, 7) is 1.99. The molecule has 2 nitrogen and oxygen atoms in total. The molecule has 0 amide bonds. The molecule has 1 aromatic carbocycles. The standard InChI is InChI=1S/C12H13NO/c1-10-5-7-11(8-6-10)12(14)4-2-3-9-13/h5-8H,2-4H2,1H3. The van der Waals surface area contributed by atoms with E-state index in [0.717, 1.165) is 11.1 Å². The van der Waals surface area contributed by atoms with E-state index in [4.69, 9.17) is 5.26 Å². The van der Waals surface area contributed by atoms with Crippen molar-refractivity contribution in [3.8, 4) is 6.07 Å². The third-order valence-corrected chi connectivity index (χ3v) is 2.07. The van der Waals surface area contributed by atoms with Gasteiger partial charge < -0.3 is 0 Å². The molecule has 1 rings (SSSR count). The SMILES string of the molecule is Cc1ccc(C(=O)CCCC#N)cc1. The minimum absolute atomic E-state index is 0.125. The van der Waals surface area contributed by atoms with Crippen molar-refractivity contribution < 1.29 is 4.79 Å². The zero-order chi connectivity index (χ0) is 10.4. The fourth-order valence-corrected chi connectivity index (χ4v) is 1.21. The Bertz CT molecular complexity index is 346. The number of nitrogens with zero attached hydrogens (tertiary/aromatic N) is 1. The minimum atomic E-state index is 0.125. The average molecular weight is 187 g/mol. The zero-order valence-corrected chi connectivity index (χ0v) is 8.29. The summed E-state index contributed by atoms with van der Waals surface area (Å²) < 4.78 is 0. The summed E-state index contributed by atoms with van der Waals surface area (Å²) in [4.78, 5) is 11.5. The van der Waals surface area contributed by atoms with Gasteiger partial charge in [-0.15, -0.1) is 0 Å². The molecule has 0 saturated heterocycles. The Labute approximate surface area is 84.2 Å². The first-order valence-electron chi connectivity index (χ1n) is 4.71. The van der Waals surface area contributed by atoms with Crippen LogP contribution < -0.4 is 0 Å². The van der Waals surface area contributed by atoms with Gasteiger partial charge in [0, 0.05) is 18.4 Å². The zero-order valence-electron chi connectivity index (χ0n) is 8.29. The topological polar surface area (TPSA) is 40.9 Å². The number of hydrogen-bond donors (Lipinski definition) is 0. The van der Waals surface area contributed by atoms with E-state index < -0.39 is 0 Å². The molecule has 0 aliphatic carbocycles. The maximum absolute atomic E-state index is 11.5. The Kier molecular flexibility index (Phi) is 3.87. The molecule has 1 aromatic rings. The van der Waals surface area contributed by atoms with Crippen LogP contribution in [0.25, 0.3) is 0 Å². The number of aryl methyl sites for hydroxylation is 1.